The van der Waals surface area contributed by atoms with Gasteiger partial charge in [0.05, 0.1) is 13.7 Å². The predicted molar refractivity (Wildman–Crippen MR) is 59.2 cm³/mol. The molecule has 0 aromatic heterocycles. The Bertz CT molecular complexity index is 501. The number of ether oxygens (including phenoxy) is 2. The largest absolute Gasteiger partial charge is 0.496 e. The zero-order chi connectivity index (χ0) is 10.3. The third kappa shape index (κ3) is 1.38. The van der Waals surface area contributed by atoms with E-state index < -0.39 is 0 Å². The van der Waals surface area contributed by atoms with Gasteiger partial charge in [-0.1, -0.05) is 30.3 Å². The molecule has 3 rings (SSSR count). The molecular weight excluding hydrogens is 188 g/mol. The van der Waals surface area contributed by atoms with E-state index in [1.54, 1.807) is 7.11 Å². The molecule has 0 amide bonds. The summed E-state index contributed by atoms with van der Waals surface area (Å²) in [4.78, 5) is 0. The van der Waals surface area contributed by atoms with E-state index in [0.717, 1.165) is 12.4 Å². The highest BCUT2D eigenvalue weighted by Gasteiger charge is 2.29. The van der Waals surface area contributed by atoms with Gasteiger partial charge in [-0.05, 0) is 16.8 Å². The van der Waals surface area contributed by atoms with Crippen LogP contribution in [0.15, 0.2) is 36.4 Å². The van der Waals surface area contributed by atoms with E-state index in [9.17, 15) is 0 Å². The van der Waals surface area contributed by atoms with Gasteiger partial charge in [0, 0.05) is 5.56 Å². The first-order valence-electron chi connectivity index (χ1n) is 5.07. The SMILES string of the molecule is COc1ccc2ccccc2c1[C@H]1CO1. The number of methoxy groups -OCH3 is 1. The molecule has 0 N–H and O–H groups in total. The maximum Gasteiger partial charge on any atom is 0.125 e. The first-order valence-corrected chi connectivity index (χ1v) is 5.07. The summed E-state index contributed by atoms with van der Waals surface area (Å²) in [7, 11) is 1.70. The molecule has 0 spiro atoms. The molecule has 1 fully saturated rings. The van der Waals surface area contributed by atoms with E-state index in [4.69, 9.17) is 9.47 Å². The van der Waals surface area contributed by atoms with Crippen LogP contribution in [0.2, 0.25) is 0 Å². The quantitative estimate of drug-likeness (QED) is 0.695. The number of epoxide rings is 1. The van der Waals surface area contributed by atoms with Gasteiger partial charge in [-0.2, -0.15) is 0 Å². The summed E-state index contributed by atoms with van der Waals surface area (Å²) in [6.45, 7) is 0.810. The molecule has 1 heterocycles. The molecule has 2 nitrogen and oxygen atoms in total. The molecule has 1 aliphatic rings. The van der Waals surface area contributed by atoms with E-state index >= 15 is 0 Å². The summed E-state index contributed by atoms with van der Waals surface area (Å²) in [5.74, 6) is 0.927. The van der Waals surface area contributed by atoms with Crippen LogP contribution in [0.5, 0.6) is 5.75 Å². The van der Waals surface area contributed by atoms with Gasteiger partial charge in [-0.15, -0.1) is 0 Å². The Hall–Kier alpha value is -1.54. The maximum absolute atomic E-state index is 5.37. The van der Waals surface area contributed by atoms with Crippen LogP contribution >= 0.6 is 0 Å². The van der Waals surface area contributed by atoms with E-state index in [1.165, 1.54) is 16.3 Å². The van der Waals surface area contributed by atoms with Gasteiger partial charge in [0.2, 0.25) is 0 Å². The van der Waals surface area contributed by atoms with Crippen molar-refractivity contribution in [2.75, 3.05) is 13.7 Å². The van der Waals surface area contributed by atoms with Crippen molar-refractivity contribution in [1.82, 2.24) is 0 Å². The van der Waals surface area contributed by atoms with Crippen LogP contribution in [-0.2, 0) is 4.74 Å². The molecular formula is C13H12O2. The lowest BCUT2D eigenvalue weighted by Crippen LogP contribution is -1.92. The Balaban J connectivity index is 2.32. The molecule has 2 heteroatoms. The molecule has 0 bridgehead atoms. The fourth-order valence-corrected chi connectivity index (χ4v) is 2.00. The minimum absolute atomic E-state index is 0.228. The van der Waals surface area contributed by atoms with Gasteiger partial charge >= 0.3 is 0 Å². The molecule has 1 aliphatic heterocycles. The highest BCUT2D eigenvalue weighted by Crippen LogP contribution is 2.40. The molecule has 76 valence electrons. The van der Waals surface area contributed by atoms with Crippen molar-refractivity contribution in [2.45, 2.75) is 6.10 Å². The second kappa shape index (κ2) is 3.24. The third-order valence-corrected chi connectivity index (χ3v) is 2.81. The highest BCUT2D eigenvalue weighted by molar-refractivity contribution is 5.88. The Morgan fingerprint density at radius 2 is 2.00 bits per heavy atom. The van der Waals surface area contributed by atoms with Gasteiger partial charge in [-0.3, -0.25) is 0 Å². The van der Waals surface area contributed by atoms with Gasteiger partial charge in [0.25, 0.3) is 0 Å². The fraction of sp³-hybridized carbons (Fsp3) is 0.231. The number of hydrogen-bond acceptors (Lipinski definition) is 2. The summed E-state index contributed by atoms with van der Waals surface area (Å²) in [6, 6.07) is 12.4. The third-order valence-electron chi connectivity index (χ3n) is 2.81. The Kier molecular flexibility index (Phi) is 1.89. The summed E-state index contributed by atoms with van der Waals surface area (Å²) in [5, 5.41) is 2.48. The van der Waals surface area contributed by atoms with Crippen LogP contribution < -0.4 is 4.74 Å². The van der Waals surface area contributed by atoms with E-state index in [1.807, 2.05) is 18.2 Å². The second-order valence-corrected chi connectivity index (χ2v) is 3.72. The molecule has 0 unspecified atom stereocenters. The zero-order valence-corrected chi connectivity index (χ0v) is 8.57. The molecule has 1 saturated heterocycles. The topological polar surface area (TPSA) is 21.8 Å². The number of hydrogen-bond donors (Lipinski definition) is 0. The van der Waals surface area contributed by atoms with E-state index in [2.05, 4.69) is 18.2 Å². The van der Waals surface area contributed by atoms with E-state index in [-0.39, 0.29) is 6.10 Å². The zero-order valence-electron chi connectivity index (χ0n) is 8.57. The first kappa shape index (κ1) is 8.74. The van der Waals surface area contributed by atoms with E-state index in [0.29, 0.717) is 0 Å². The molecule has 2 aromatic rings. The Morgan fingerprint density at radius 3 is 2.73 bits per heavy atom. The highest BCUT2D eigenvalue weighted by atomic mass is 16.6. The van der Waals surface area contributed by atoms with Crippen LogP contribution in [-0.4, -0.2) is 13.7 Å². The second-order valence-electron chi connectivity index (χ2n) is 3.72. The van der Waals surface area contributed by atoms with Crippen LogP contribution in [0, 0.1) is 0 Å². The lowest BCUT2D eigenvalue weighted by atomic mass is 10.0. The van der Waals surface area contributed by atoms with Crippen molar-refractivity contribution in [3.63, 3.8) is 0 Å². The minimum atomic E-state index is 0.228. The molecule has 15 heavy (non-hydrogen) atoms. The summed E-state index contributed by atoms with van der Waals surface area (Å²) in [5.41, 5.74) is 1.19. The Labute approximate surface area is 88.4 Å². The van der Waals surface area contributed by atoms with Crippen molar-refractivity contribution in [3.05, 3.63) is 42.0 Å². The van der Waals surface area contributed by atoms with Crippen molar-refractivity contribution >= 4 is 10.8 Å². The number of rotatable bonds is 2. The van der Waals surface area contributed by atoms with Gasteiger partial charge in [-0.25, -0.2) is 0 Å². The fourth-order valence-electron chi connectivity index (χ4n) is 2.00. The molecule has 0 radical (unpaired) electrons. The van der Waals surface area contributed by atoms with Crippen molar-refractivity contribution in [2.24, 2.45) is 0 Å². The van der Waals surface area contributed by atoms with Crippen molar-refractivity contribution in [3.8, 4) is 5.75 Å². The molecule has 2 aromatic carbocycles. The summed E-state index contributed by atoms with van der Waals surface area (Å²) >= 11 is 0. The van der Waals surface area contributed by atoms with Crippen molar-refractivity contribution in [1.29, 1.82) is 0 Å². The molecule has 1 atom stereocenters. The van der Waals surface area contributed by atoms with Gasteiger partial charge < -0.3 is 9.47 Å². The van der Waals surface area contributed by atoms with Crippen LogP contribution in [0.3, 0.4) is 0 Å². The summed E-state index contributed by atoms with van der Waals surface area (Å²) in [6.07, 6.45) is 0.228. The predicted octanol–water partition coefficient (Wildman–Crippen LogP) is 2.92. The molecule has 0 saturated carbocycles. The van der Waals surface area contributed by atoms with Crippen molar-refractivity contribution < 1.29 is 9.47 Å². The average Bonchev–Trinajstić information content (AvgIpc) is 3.11. The van der Waals surface area contributed by atoms with Gasteiger partial charge in [0.15, 0.2) is 0 Å². The normalized spacial score (nSPS) is 19.1. The standard InChI is InChI=1S/C13H12O2/c1-14-11-7-6-9-4-2-3-5-10(9)13(11)12-8-15-12/h2-7,12H,8H2,1H3/t12-/m1/s1. The number of benzene rings is 2. The summed E-state index contributed by atoms with van der Waals surface area (Å²) < 4.78 is 10.7. The van der Waals surface area contributed by atoms with Crippen LogP contribution in [0.1, 0.15) is 11.7 Å². The average molecular weight is 200 g/mol. The molecule has 0 aliphatic carbocycles. The maximum atomic E-state index is 5.37. The first-order chi connectivity index (χ1) is 7.40. The van der Waals surface area contributed by atoms with Crippen LogP contribution in [0.25, 0.3) is 10.8 Å². The lowest BCUT2D eigenvalue weighted by Gasteiger charge is -2.09. The smallest absolute Gasteiger partial charge is 0.125 e. The Morgan fingerprint density at radius 1 is 1.20 bits per heavy atom. The monoisotopic (exact) mass is 200 g/mol. The lowest BCUT2D eigenvalue weighted by molar-refractivity contribution is 0.385. The van der Waals surface area contributed by atoms with Gasteiger partial charge in [0.1, 0.15) is 11.9 Å². The van der Waals surface area contributed by atoms with Crippen LogP contribution in [0.4, 0.5) is 0 Å². The number of fused-ring (bicyclic) bond motifs is 1. The minimum Gasteiger partial charge on any atom is -0.496 e.